The predicted molar refractivity (Wildman–Crippen MR) is 114 cm³/mol. The highest BCUT2D eigenvalue weighted by Crippen LogP contribution is 2.31. The van der Waals surface area contributed by atoms with Crippen LogP contribution >= 0.6 is 0 Å². The van der Waals surface area contributed by atoms with Crippen LogP contribution in [-0.2, 0) is 0 Å². The summed E-state index contributed by atoms with van der Waals surface area (Å²) in [6, 6.07) is 15.9. The molecule has 0 aliphatic heterocycles. The number of amides is 1. The van der Waals surface area contributed by atoms with Gasteiger partial charge in [-0.15, -0.1) is 0 Å². The van der Waals surface area contributed by atoms with E-state index in [1.54, 1.807) is 19.2 Å². The van der Waals surface area contributed by atoms with E-state index in [1.165, 1.54) is 12.1 Å². The minimum atomic E-state index is -0.296. The molecule has 3 rings (SSSR count). The van der Waals surface area contributed by atoms with Crippen LogP contribution in [0.1, 0.15) is 42.2 Å². The summed E-state index contributed by atoms with van der Waals surface area (Å²) in [6.07, 6.45) is 3.16. The molecule has 0 unspecified atom stereocenters. The number of hydrogen-bond acceptors (Lipinski definition) is 2. The van der Waals surface area contributed by atoms with E-state index in [0.29, 0.717) is 12.1 Å². The van der Waals surface area contributed by atoms with Gasteiger partial charge in [-0.1, -0.05) is 31.9 Å². The Morgan fingerprint density at radius 3 is 2.55 bits per heavy atom. The Kier molecular flexibility index (Phi) is 6.70. The molecule has 0 fully saturated rings. The molecular formula is C24H27FN2O2. The zero-order valence-electron chi connectivity index (χ0n) is 17.2. The highest BCUT2D eigenvalue weighted by Gasteiger charge is 2.19. The van der Waals surface area contributed by atoms with Gasteiger partial charge >= 0.3 is 0 Å². The summed E-state index contributed by atoms with van der Waals surface area (Å²) >= 11 is 0. The Bertz CT molecular complexity index is 977. The van der Waals surface area contributed by atoms with Crippen molar-refractivity contribution >= 4 is 5.91 Å². The second-order valence-electron chi connectivity index (χ2n) is 7.04. The van der Waals surface area contributed by atoms with Gasteiger partial charge in [0.15, 0.2) is 0 Å². The van der Waals surface area contributed by atoms with Crippen molar-refractivity contribution in [2.24, 2.45) is 0 Å². The van der Waals surface area contributed by atoms with Crippen LogP contribution in [0.2, 0.25) is 0 Å². The number of methoxy groups -OCH3 is 1. The van der Waals surface area contributed by atoms with Gasteiger partial charge in [-0.25, -0.2) is 4.39 Å². The summed E-state index contributed by atoms with van der Waals surface area (Å²) in [5.74, 6) is 0.344. The maximum absolute atomic E-state index is 13.5. The van der Waals surface area contributed by atoms with Gasteiger partial charge < -0.3 is 14.6 Å². The standard InChI is InChI=1S/C24H27FN2O2/c1-4-5-6-14-26-24(28)22-16-23(18-8-7-9-21(15-18)29-3)27(17(22)2)20-12-10-19(25)11-13-20/h7-13,15-16H,4-6,14H2,1-3H3,(H,26,28). The number of benzene rings is 2. The summed E-state index contributed by atoms with van der Waals surface area (Å²) in [6.45, 7) is 4.70. The summed E-state index contributed by atoms with van der Waals surface area (Å²) in [5.41, 5.74) is 3.99. The molecule has 29 heavy (non-hydrogen) atoms. The van der Waals surface area contributed by atoms with E-state index in [9.17, 15) is 9.18 Å². The summed E-state index contributed by atoms with van der Waals surface area (Å²) < 4.78 is 20.8. The van der Waals surface area contributed by atoms with Crippen molar-refractivity contribution in [3.8, 4) is 22.7 Å². The van der Waals surface area contributed by atoms with Gasteiger partial charge in [0.25, 0.3) is 5.91 Å². The molecule has 0 atom stereocenters. The van der Waals surface area contributed by atoms with Gasteiger partial charge in [0, 0.05) is 23.5 Å². The Labute approximate surface area is 171 Å². The van der Waals surface area contributed by atoms with E-state index in [2.05, 4.69) is 12.2 Å². The van der Waals surface area contributed by atoms with Crippen LogP contribution in [0.4, 0.5) is 4.39 Å². The second-order valence-corrected chi connectivity index (χ2v) is 7.04. The van der Waals surface area contributed by atoms with Crippen LogP contribution in [0.25, 0.3) is 16.9 Å². The van der Waals surface area contributed by atoms with E-state index in [4.69, 9.17) is 4.74 Å². The topological polar surface area (TPSA) is 43.3 Å². The lowest BCUT2D eigenvalue weighted by Gasteiger charge is -2.13. The zero-order chi connectivity index (χ0) is 20.8. The first-order chi connectivity index (χ1) is 14.0. The molecule has 0 aliphatic rings. The molecule has 0 saturated heterocycles. The molecule has 1 N–H and O–H groups in total. The number of rotatable bonds is 8. The van der Waals surface area contributed by atoms with Crippen LogP contribution in [0.3, 0.4) is 0 Å². The minimum absolute atomic E-state index is 0.0939. The van der Waals surface area contributed by atoms with Crippen LogP contribution in [0, 0.1) is 12.7 Å². The average Bonchev–Trinajstić information content (AvgIpc) is 3.09. The molecule has 5 heteroatoms. The fraction of sp³-hybridized carbons (Fsp3) is 0.292. The SMILES string of the molecule is CCCCCNC(=O)c1cc(-c2cccc(OC)c2)n(-c2ccc(F)cc2)c1C. The first-order valence-corrected chi connectivity index (χ1v) is 9.96. The number of ether oxygens (including phenoxy) is 1. The molecule has 0 bridgehead atoms. The summed E-state index contributed by atoms with van der Waals surface area (Å²) in [7, 11) is 1.62. The van der Waals surface area contributed by atoms with E-state index in [-0.39, 0.29) is 11.7 Å². The molecule has 1 aromatic heterocycles. The number of carbonyl (C=O) groups is 1. The van der Waals surface area contributed by atoms with Crippen molar-refractivity contribution in [3.05, 3.63) is 71.7 Å². The average molecular weight is 394 g/mol. The number of carbonyl (C=O) groups excluding carboxylic acids is 1. The minimum Gasteiger partial charge on any atom is -0.497 e. The molecule has 0 spiro atoms. The lowest BCUT2D eigenvalue weighted by atomic mass is 10.1. The first-order valence-electron chi connectivity index (χ1n) is 9.96. The highest BCUT2D eigenvalue weighted by atomic mass is 19.1. The van der Waals surface area contributed by atoms with E-state index < -0.39 is 0 Å². The Morgan fingerprint density at radius 2 is 1.86 bits per heavy atom. The van der Waals surface area contributed by atoms with Gasteiger partial charge in [0.1, 0.15) is 11.6 Å². The lowest BCUT2D eigenvalue weighted by Crippen LogP contribution is -2.24. The lowest BCUT2D eigenvalue weighted by molar-refractivity contribution is 0.0952. The van der Waals surface area contributed by atoms with Crippen LogP contribution in [-0.4, -0.2) is 24.1 Å². The largest absolute Gasteiger partial charge is 0.497 e. The fourth-order valence-electron chi connectivity index (χ4n) is 3.43. The quantitative estimate of drug-likeness (QED) is 0.511. The van der Waals surface area contributed by atoms with Crippen LogP contribution < -0.4 is 10.1 Å². The molecule has 0 saturated carbocycles. The molecule has 1 amide bonds. The number of unbranched alkanes of at least 4 members (excludes halogenated alkanes) is 2. The normalized spacial score (nSPS) is 10.8. The third-order valence-corrected chi connectivity index (χ3v) is 5.01. The van der Waals surface area contributed by atoms with E-state index in [1.807, 2.05) is 41.8 Å². The van der Waals surface area contributed by atoms with Crippen LogP contribution in [0.15, 0.2) is 54.6 Å². The number of nitrogens with one attached hydrogen (secondary N) is 1. The number of halogens is 1. The highest BCUT2D eigenvalue weighted by molar-refractivity contribution is 5.97. The van der Waals surface area contributed by atoms with E-state index >= 15 is 0 Å². The Balaban J connectivity index is 2.05. The predicted octanol–water partition coefficient (Wildman–Crippen LogP) is 5.52. The number of nitrogens with zero attached hydrogens (tertiary/aromatic N) is 1. The van der Waals surface area contributed by atoms with Crippen molar-refractivity contribution < 1.29 is 13.9 Å². The Hall–Kier alpha value is -3.08. The van der Waals surface area contributed by atoms with Gasteiger partial charge in [-0.3, -0.25) is 4.79 Å². The fourth-order valence-corrected chi connectivity index (χ4v) is 3.43. The zero-order valence-corrected chi connectivity index (χ0v) is 17.2. The third-order valence-electron chi connectivity index (χ3n) is 5.01. The molecule has 152 valence electrons. The Morgan fingerprint density at radius 1 is 1.10 bits per heavy atom. The van der Waals surface area contributed by atoms with Crippen molar-refractivity contribution in [2.75, 3.05) is 13.7 Å². The van der Waals surface area contributed by atoms with Gasteiger partial charge in [-0.2, -0.15) is 0 Å². The smallest absolute Gasteiger partial charge is 0.253 e. The van der Waals surface area contributed by atoms with Crippen LogP contribution in [0.5, 0.6) is 5.75 Å². The molecule has 0 radical (unpaired) electrons. The van der Waals surface area contributed by atoms with Crippen molar-refractivity contribution in [3.63, 3.8) is 0 Å². The molecular weight excluding hydrogens is 367 g/mol. The van der Waals surface area contributed by atoms with Gasteiger partial charge in [0.2, 0.25) is 0 Å². The third kappa shape index (κ3) is 4.67. The molecule has 3 aromatic rings. The molecule has 4 nitrogen and oxygen atoms in total. The number of aromatic nitrogens is 1. The van der Waals surface area contributed by atoms with Crippen molar-refractivity contribution in [1.82, 2.24) is 9.88 Å². The van der Waals surface area contributed by atoms with Gasteiger partial charge in [-0.05, 0) is 55.8 Å². The first kappa shape index (κ1) is 20.6. The second kappa shape index (κ2) is 9.41. The maximum atomic E-state index is 13.5. The maximum Gasteiger partial charge on any atom is 0.253 e. The van der Waals surface area contributed by atoms with E-state index in [0.717, 1.165) is 47.7 Å². The molecule has 0 aliphatic carbocycles. The monoisotopic (exact) mass is 394 g/mol. The summed E-state index contributed by atoms with van der Waals surface area (Å²) in [4.78, 5) is 12.8. The summed E-state index contributed by atoms with van der Waals surface area (Å²) in [5, 5.41) is 3.01. The van der Waals surface area contributed by atoms with Crippen molar-refractivity contribution in [2.45, 2.75) is 33.1 Å². The molecule has 2 aromatic carbocycles. The van der Waals surface area contributed by atoms with Gasteiger partial charge in [0.05, 0.1) is 18.4 Å². The molecule has 1 heterocycles. The van der Waals surface area contributed by atoms with Crippen molar-refractivity contribution in [1.29, 1.82) is 0 Å². The number of hydrogen-bond donors (Lipinski definition) is 1.